The van der Waals surface area contributed by atoms with Crippen LogP contribution >= 0.6 is 0 Å². The minimum atomic E-state index is -0.00944. The van der Waals surface area contributed by atoms with E-state index < -0.39 is 0 Å². The number of anilines is 2. The number of hydrogen-bond donors (Lipinski definition) is 0. The molecule has 2 saturated heterocycles. The highest BCUT2D eigenvalue weighted by Crippen LogP contribution is 2.34. The number of rotatable bonds is 6. The zero-order valence-electron chi connectivity index (χ0n) is 22.2. The number of likely N-dealkylation sites (N-methyl/N-ethyl adjacent to an activating group) is 1. The average molecular weight is 513 g/mol. The zero-order valence-corrected chi connectivity index (χ0v) is 22.2. The van der Waals surface area contributed by atoms with Crippen LogP contribution in [0.25, 0.3) is 10.8 Å². The summed E-state index contributed by atoms with van der Waals surface area (Å²) in [5, 5.41) is 2.51. The molecular formula is C30H36N6O2. The van der Waals surface area contributed by atoms with E-state index in [0.717, 1.165) is 50.5 Å². The Balaban J connectivity index is 1.30. The predicted octanol–water partition coefficient (Wildman–Crippen LogP) is 3.50. The highest BCUT2D eigenvalue weighted by molar-refractivity contribution is 5.94. The molecular weight excluding hydrogens is 476 g/mol. The Hall–Kier alpha value is -3.65. The van der Waals surface area contributed by atoms with E-state index in [1.165, 1.54) is 34.5 Å². The van der Waals surface area contributed by atoms with Crippen molar-refractivity contribution in [3.05, 3.63) is 66.4 Å². The lowest BCUT2D eigenvalue weighted by Gasteiger charge is -2.38. The molecule has 2 fully saturated rings. The van der Waals surface area contributed by atoms with Crippen LogP contribution in [0.2, 0.25) is 0 Å². The van der Waals surface area contributed by atoms with E-state index in [1.54, 1.807) is 0 Å². The van der Waals surface area contributed by atoms with Gasteiger partial charge in [-0.15, -0.1) is 0 Å². The molecule has 0 aliphatic carbocycles. The van der Waals surface area contributed by atoms with E-state index in [4.69, 9.17) is 14.7 Å². The van der Waals surface area contributed by atoms with Crippen molar-refractivity contribution in [1.82, 2.24) is 19.8 Å². The van der Waals surface area contributed by atoms with Crippen LogP contribution in [0.1, 0.15) is 24.1 Å². The average Bonchev–Trinajstić information content (AvgIpc) is 3.39. The second-order valence-electron chi connectivity index (χ2n) is 10.5. The molecule has 0 N–H and O–H groups in total. The maximum absolute atomic E-state index is 12.1. The first-order valence-corrected chi connectivity index (χ1v) is 13.7. The molecule has 198 valence electrons. The first-order chi connectivity index (χ1) is 18.6. The SMILES string of the molecule is C=CC(=O)N1CCN(c2nc(OC[C@@H]3CCCN3C)nc3c2CCN(c2cccc4ccccc24)C3)CC1. The van der Waals surface area contributed by atoms with Crippen LogP contribution in [0.3, 0.4) is 0 Å². The molecule has 3 aromatic rings. The summed E-state index contributed by atoms with van der Waals surface area (Å²) in [5.74, 6) is 0.956. The maximum Gasteiger partial charge on any atom is 0.318 e. The number of carbonyl (C=O) groups excluding carboxylic acids is 1. The minimum absolute atomic E-state index is 0.00944. The van der Waals surface area contributed by atoms with Gasteiger partial charge in [0.15, 0.2) is 0 Å². The number of ether oxygens (including phenoxy) is 1. The fourth-order valence-electron chi connectivity index (χ4n) is 6.03. The normalized spacial score (nSPS) is 20.0. The van der Waals surface area contributed by atoms with Crippen molar-refractivity contribution in [3.63, 3.8) is 0 Å². The molecule has 3 aliphatic heterocycles. The molecule has 2 aromatic carbocycles. The Labute approximate surface area is 224 Å². The number of hydrogen-bond acceptors (Lipinski definition) is 7. The molecule has 6 rings (SSSR count). The Morgan fingerprint density at radius 3 is 2.63 bits per heavy atom. The quantitative estimate of drug-likeness (QED) is 0.469. The topological polar surface area (TPSA) is 65.0 Å². The van der Waals surface area contributed by atoms with Crippen molar-refractivity contribution >= 4 is 28.2 Å². The number of piperazine rings is 1. The zero-order chi connectivity index (χ0) is 26.1. The number of carbonyl (C=O) groups is 1. The summed E-state index contributed by atoms with van der Waals surface area (Å²) in [5.41, 5.74) is 3.48. The molecule has 1 atom stereocenters. The summed E-state index contributed by atoms with van der Waals surface area (Å²) < 4.78 is 6.26. The Bertz CT molecular complexity index is 1330. The van der Waals surface area contributed by atoms with Crippen molar-refractivity contribution in [2.24, 2.45) is 0 Å². The molecule has 38 heavy (non-hydrogen) atoms. The predicted molar refractivity (Wildman–Crippen MR) is 151 cm³/mol. The van der Waals surface area contributed by atoms with Gasteiger partial charge in [0.25, 0.3) is 0 Å². The van der Waals surface area contributed by atoms with Crippen molar-refractivity contribution < 1.29 is 9.53 Å². The third kappa shape index (κ3) is 4.80. The summed E-state index contributed by atoms with van der Waals surface area (Å²) >= 11 is 0. The van der Waals surface area contributed by atoms with Gasteiger partial charge in [-0.05, 0) is 50.4 Å². The molecule has 1 amide bonds. The minimum Gasteiger partial charge on any atom is -0.462 e. The van der Waals surface area contributed by atoms with Crippen LogP contribution in [-0.4, -0.2) is 84.6 Å². The van der Waals surface area contributed by atoms with Gasteiger partial charge in [-0.2, -0.15) is 9.97 Å². The smallest absolute Gasteiger partial charge is 0.318 e. The van der Waals surface area contributed by atoms with Gasteiger partial charge in [0.1, 0.15) is 12.4 Å². The molecule has 1 aromatic heterocycles. The molecule has 4 heterocycles. The van der Waals surface area contributed by atoms with Gasteiger partial charge < -0.3 is 24.3 Å². The van der Waals surface area contributed by atoms with Gasteiger partial charge in [-0.25, -0.2) is 0 Å². The first-order valence-electron chi connectivity index (χ1n) is 13.7. The highest BCUT2D eigenvalue weighted by atomic mass is 16.5. The summed E-state index contributed by atoms with van der Waals surface area (Å²) in [6, 6.07) is 15.9. The van der Waals surface area contributed by atoms with Gasteiger partial charge in [-0.3, -0.25) is 4.79 Å². The second kappa shape index (κ2) is 10.6. The summed E-state index contributed by atoms with van der Waals surface area (Å²) in [4.78, 5) is 31.0. The Morgan fingerprint density at radius 2 is 1.84 bits per heavy atom. The summed E-state index contributed by atoms with van der Waals surface area (Å²) in [6.45, 7) is 9.77. The van der Waals surface area contributed by atoms with E-state index in [9.17, 15) is 4.79 Å². The lowest BCUT2D eigenvalue weighted by Crippen LogP contribution is -2.49. The molecule has 8 nitrogen and oxygen atoms in total. The number of amides is 1. The van der Waals surface area contributed by atoms with Crippen LogP contribution in [-0.2, 0) is 17.8 Å². The van der Waals surface area contributed by atoms with Crippen molar-refractivity contribution in [2.45, 2.75) is 31.8 Å². The molecule has 0 radical (unpaired) electrons. The fraction of sp³-hybridized carbons (Fsp3) is 0.433. The van der Waals surface area contributed by atoms with Crippen molar-refractivity contribution in [2.75, 3.05) is 62.7 Å². The number of aromatic nitrogens is 2. The van der Waals surface area contributed by atoms with E-state index in [2.05, 4.69) is 70.8 Å². The monoisotopic (exact) mass is 512 g/mol. The van der Waals surface area contributed by atoms with Crippen LogP contribution in [0.15, 0.2) is 55.1 Å². The van der Waals surface area contributed by atoms with Crippen molar-refractivity contribution in [1.29, 1.82) is 0 Å². The summed E-state index contributed by atoms with van der Waals surface area (Å²) in [6.07, 6.45) is 4.61. The Morgan fingerprint density at radius 1 is 1.03 bits per heavy atom. The number of nitrogens with zero attached hydrogens (tertiary/aromatic N) is 6. The highest BCUT2D eigenvalue weighted by Gasteiger charge is 2.29. The maximum atomic E-state index is 12.1. The van der Waals surface area contributed by atoms with Gasteiger partial charge in [0.2, 0.25) is 5.91 Å². The first kappa shape index (κ1) is 24.7. The molecule has 8 heteroatoms. The van der Waals surface area contributed by atoms with E-state index in [-0.39, 0.29) is 5.91 Å². The lowest BCUT2D eigenvalue weighted by molar-refractivity contribution is -0.126. The van der Waals surface area contributed by atoms with Crippen molar-refractivity contribution in [3.8, 4) is 6.01 Å². The molecule has 3 aliphatic rings. The van der Waals surface area contributed by atoms with Crippen LogP contribution in [0.5, 0.6) is 6.01 Å². The molecule has 0 saturated carbocycles. The van der Waals surface area contributed by atoms with E-state index in [0.29, 0.717) is 38.3 Å². The van der Waals surface area contributed by atoms with Crippen LogP contribution in [0.4, 0.5) is 11.5 Å². The third-order valence-corrected chi connectivity index (χ3v) is 8.27. The van der Waals surface area contributed by atoms with E-state index >= 15 is 0 Å². The standard InChI is InChI=1S/C30H36N6O2/c1-3-28(37)34-16-18-35(19-17-34)29-25-13-15-36(27-12-6-9-22-8-4-5-11-24(22)27)20-26(25)31-30(32-29)38-21-23-10-7-14-33(23)2/h3-6,8-9,11-12,23H,1,7,10,13-21H2,2H3/t23-/m0/s1. The van der Waals surface area contributed by atoms with Gasteiger partial charge in [-0.1, -0.05) is 43.0 Å². The van der Waals surface area contributed by atoms with Gasteiger partial charge in [0, 0.05) is 55.4 Å². The number of fused-ring (bicyclic) bond motifs is 2. The van der Waals surface area contributed by atoms with Gasteiger partial charge >= 0.3 is 6.01 Å². The van der Waals surface area contributed by atoms with Crippen LogP contribution in [0, 0.1) is 0 Å². The van der Waals surface area contributed by atoms with Crippen LogP contribution < -0.4 is 14.5 Å². The summed E-state index contributed by atoms with van der Waals surface area (Å²) in [7, 11) is 2.16. The third-order valence-electron chi connectivity index (χ3n) is 8.27. The van der Waals surface area contributed by atoms with E-state index in [1.807, 2.05) is 4.90 Å². The second-order valence-corrected chi connectivity index (χ2v) is 10.5. The number of benzene rings is 2. The molecule has 0 spiro atoms. The Kier molecular flexibility index (Phi) is 6.89. The van der Waals surface area contributed by atoms with Gasteiger partial charge in [0.05, 0.1) is 12.2 Å². The molecule has 0 bridgehead atoms. The number of likely N-dealkylation sites (tertiary alicyclic amines) is 1. The molecule has 0 unspecified atom stereocenters. The lowest BCUT2D eigenvalue weighted by atomic mass is 10.0. The fourth-order valence-corrected chi connectivity index (χ4v) is 6.03. The largest absolute Gasteiger partial charge is 0.462 e.